The van der Waals surface area contributed by atoms with Gasteiger partial charge in [-0.15, -0.1) is 0 Å². The fourth-order valence-corrected chi connectivity index (χ4v) is 5.40. The van der Waals surface area contributed by atoms with Gasteiger partial charge in [0.2, 0.25) is 0 Å². The van der Waals surface area contributed by atoms with Crippen molar-refractivity contribution in [2.24, 2.45) is 0 Å². The summed E-state index contributed by atoms with van der Waals surface area (Å²) < 4.78 is 22.6. The van der Waals surface area contributed by atoms with Crippen LogP contribution in [-0.4, -0.2) is 65.2 Å². The number of nitrogens with zero attached hydrogens (tertiary/aromatic N) is 1. The van der Waals surface area contributed by atoms with Crippen molar-refractivity contribution >= 4 is 31.6 Å². The number of ether oxygens (including phenoxy) is 3. The van der Waals surface area contributed by atoms with E-state index < -0.39 is 14.4 Å². The maximum atomic E-state index is 14.2. The van der Waals surface area contributed by atoms with Crippen molar-refractivity contribution in [1.29, 1.82) is 0 Å². The van der Waals surface area contributed by atoms with Crippen LogP contribution in [0.25, 0.3) is 5.57 Å². The Bertz CT molecular complexity index is 1280. The predicted molar refractivity (Wildman–Crippen MR) is 166 cm³/mol. The number of methoxy groups -OCH3 is 2. The minimum absolute atomic E-state index is 0.0201. The van der Waals surface area contributed by atoms with Crippen LogP contribution in [0.15, 0.2) is 55.1 Å². The van der Waals surface area contributed by atoms with E-state index in [1.54, 1.807) is 26.4 Å². The first kappa shape index (κ1) is 32.0. The number of anilines is 1. The number of hydrogen-bond donors (Lipinski definition) is 1. The van der Waals surface area contributed by atoms with E-state index >= 15 is 0 Å². The van der Waals surface area contributed by atoms with Crippen LogP contribution in [0.2, 0.25) is 18.1 Å². The molecule has 41 heavy (non-hydrogen) atoms. The Labute approximate surface area is 245 Å². The summed E-state index contributed by atoms with van der Waals surface area (Å²) >= 11 is 0. The molecule has 1 aliphatic rings. The van der Waals surface area contributed by atoms with Gasteiger partial charge >= 0.3 is 6.09 Å². The average Bonchev–Trinajstić information content (AvgIpc) is 2.94. The highest BCUT2D eigenvalue weighted by Gasteiger charge is 2.39. The van der Waals surface area contributed by atoms with Crippen molar-refractivity contribution in [2.45, 2.75) is 58.3 Å². The molecule has 0 unspecified atom stereocenters. The third-order valence-electron chi connectivity index (χ3n) is 7.89. The maximum absolute atomic E-state index is 14.2. The van der Waals surface area contributed by atoms with Crippen molar-refractivity contribution in [3.63, 3.8) is 0 Å². The van der Waals surface area contributed by atoms with Crippen LogP contribution in [0, 0.1) is 6.92 Å². The van der Waals surface area contributed by atoms with Gasteiger partial charge < -0.3 is 23.5 Å². The molecule has 0 bridgehead atoms. The van der Waals surface area contributed by atoms with Gasteiger partial charge in [0.1, 0.15) is 18.1 Å². The highest BCUT2D eigenvalue weighted by atomic mass is 28.4. The van der Waals surface area contributed by atoms with Gasteiger partial charge in [0.25, 0.3) is 5.91 Å². The lowest BCUT2D eigenvalue weighted by molar-refractivity contribution is 0.0655. The van der Waals surface area contributed by atoms with E-state index in [9.17, 15) is 9.59 Å². The fraction of sp³-hybridized carbons (Fsp3) is 0.438. The maximum Gasteiger partial charge on any atom is 0.411 e. The zero-order chi connectivity index (χ0) is 30.4. The topological polar surface area (TPSA) is 86.3 Å². The van der Waals surface area contributed by atoms with Gasteiger partial charge in [0.05, 0.1) is 38.1 Å². The SMILES string of the molecule is C=CCOC(=O)Nc1cc(C)c(OC)cc1C(=O)N1CCC(c2ccc(OC)cc2)=C[C@H]1CO[Si](C)(C)C(C)(C)C. The molecule has 0 aromatic heterocycles. The average molecular weight is 581 g/mol. The van der Waals surface area contributed by atoms with Gasteiger partial charge in [-0.05, 0) is 72.4 Å². The monoisotopic (exact) mass is 580 g/mol. The number of nitrogens with one attached hydrogen (secondary N) is 1. The van der Waals surface area contributed by atoms with Gasteiger partial charge in [0, 0.05) is 6.54 Å². The molecule has 8 nitrogen and oxygen atoms in total. The second kappa shape index (κ2) is 13.4. The molecule has 1 heterocycles. The molecular weight excluding hydrogens is 536 g/mol. The van der Waals surface area contributed by atoms with Crippen LogP contribution >= 0.6 is 0 Å². The van der Waals surface area contributed by atoms with Crippen LogP contribution in [0.3, 0.4) is 0 Å². The zero-order valence-electron chi connectivity index (χ0n) is 25.6. The number of hydrogen-bond acceptors (Lipinski definition) is 6. The number of carbonyl (C=O) groups excluding carboxylic acids is 2. The van der Waals surface area contributed by atoms with E-state index in [-0.39, 0.29) is 23.6 Å². The van der Waals surface area contributed by atoms with E-state index in [2.05, 4.69) is 51.8 Å². The molecule has 9 heteroatoms. The quantitative estimate of drug-likeness (QED) is 0.239. The first-order valence-corrected chi connectivity index (χ1v) is 16.8. The summed E-state index contributed by atoms with van der Waals surface area (Å²) in [5.41, 5.74) is 3.69. The van der Waals surface area contributed by atoms with Crippen LogP contribution in [0.5, 0.6) is 11.5 Å². The number of rotatable bonds is 10. The molecule has 0 saturated carbocycles. The van der Waals surface area contributed by atoms with E-state index in [1.165, 1.54) is 6.08 Å². The number of aryl methyl sites for hydroxylation is 1. The summed E-state index contributed by atoms with van der Waals surface area (Å²) in [6.07, 6.45) is 3.62. The molecule has 0 saturated heterocycles. The molecule has 0 fully saturated rings. The Hall–Kier alpha value is -3.56. The van der Waals surface area contributed by atoms with Crippen LogP contribution < -0.4 is 14.8 Å². The third-order valence-corrected chi connectivity index (χ3v) is 12.4. The van der Waals surface area contributed by atoms with Crippen molar-refractivity contribution in [1.82, 2.24) is 4.90 Å². The summed E-state index contributed by atoms with van der Waals surface area (Å²) in [7, 11) is 1.11. The van der Waals surface area contributed by atoms with Gasteiger partial charge in [-0.3, -0.25) is 10.1 Å². The molecule has 2 aromatic carbocycles. The summed E-state index contributed by atoms with van der Waals surface area (Å²) in [4.78, 5) is 28.5. The van der Waals surface area contributed by atoms with Crippen LogP contribution in [-0.2, 0) is 9.16 Å². The lowest BCUT2D eigenvalue weighted by Crippen LogP contribution is -2.49. The predicted octanol–water partition coefficient (Wildman–Crippen LogP) is 7.07. The summed E-state index contributed by atoms with van der Waals surface area (Å²) in [6, 6.07) is 11.1. The van der Waals surface area contributed by atoms with Crippen LogP contribution in [0.4, 0.5) is 10.5 Å². The van der Waals surface area contributed by atoms with Gasteiger partial charge in [-0.1, -0.05) is 51.6 Å². The normalized spacial score (nSPS) is 15.6. The number of carbonyl (C=O) groups is 2. The molecule has 0 radical (unpaired) electrons. The second-order valence-corrected chi connectivity index (χ2v) is 16.5. The molecule has 0 aliphatic carbocycles. The van der Waals surface area contributed by atoms with E-state index in [1.807, 2.05) is 36.1 Å². The molecule has 1 atom stereocenters. The zero-order valence-corrected chi connectivity index (χ0v) is 26.6. The lowest BCUT2D eigenvalue weighted by atomic mass is 9.95. The van der Waals surface area contributed by atoms with E-state index in [4.69, 9.17) is 18.6 Å². The fourth-order valence-electron chi connectivity index (χ4n) is 4.38. The van der Waals surface area contributed by atoms with Crippen molar-refractivity contribution in [3.8, 4) is 11.5 Å². The molecule has 0 spiro atoms. The molecule has 222 valence electrons. The largest absolute Gasteiger partial charge is 0.497 e. The minimum atomic E-state index is -2.10. The summed E-state index contributed by atoms with van der Waals surface area (Å²) in [5.74, 6) is 1.12. The van der Waals surface area contributed by atoms with E-state index in [0.29, 0.717) is 36.6 Å². The number of amides is 2. The Kier molecular flexibility index (Phi) is 10.4. The summed E-state index contributed by atoms with van der Waals surface area (Å²) in [6.45, 7) is 17.3. The van der Waals surface area contributed by atoms with Crippen molar-refractivity contribution in [2.75, 3.05) is 39.3 Å². The minimum Gasteiger partial charge on any atom is -0.497 e. The standard InChI is InChI=1S/C32H44N2O6Si/c1-10-17-39-31(36)33-28-18-22(2)29(38-7)20-27(28)30(35)34-16-15-24(23-11-13-26(37-6)14-12-23)19-25(34)21-40-41(8,9)32(3,4)5/h10-14,18-20,25H,1,15-17,21H2,2-9H3,(H,33,36)/t25-/m0/s1. The van der Waals surface area contributed by atoms with Gasteiger partial charge in [0.15, 0.2) is 8.32 Å². The van der Waals surface area contributed by atoms with Crippen molar-refractivity contribution in [3.05, 3.63) is 71.8 Å². The highest BCUT2D eigenvalue weighted by Crippen LogP contribution is 2.38. The van der Waals surface area contributed by atoms with Crippen molar-refractivity contribution < 1.29 is 28.2 Å². The second-order valence-electron chi connectivity index (χ2n) is 11.7. The molecular formula is C32H44N2O6Si. The van der Waals surface area contributed by atoms with Crippen LogP contribution in [0.1, 0.15) is 48.7 Å². The first-order valence-electron chi connectivity index (χ1n) is 13.8. The molecule has 2 amide bonds. The molecule has 3 rings (SSSR count). The molecule has 1 aliphatic heterocycles. The molecule has 2 aromatic rings. The van der Waals surface area contributed by atoms with Gasteiger partial charge in [-0.2, -0.15) is 0 Å². The third kappa shape index (κ3) is 7.80. The smallest absolute Gasteiger partial charge is 0.411 e. The van der Waals surface area contributed by atoms with E-state index in [0.717, 1.165) is 22.4 Å². The summed E-state index contributed by atoms with van der Waals surface area (Å²) in [5, 5.41) is 2.75. The van der Waals surface area contributed by atoms with Gasteiger partial charge in [-0.25, -0.2) is 4.79 Å². The highest BCUT2D eigenvalue weighted by molar-refractivity contribution is 6.74. The lowest BCUT2D eigenvalue weighted by Gasteiger charge is -2.40. The first-order chi connectivity index (χ1) is 19.3. The Balaban J connectivity index is 2.01. The molecule has 1 N–H and O–H groups in total. The Morgan fingerprint density at radius 1 is 1.12 bits per heavy atom. The Morgan fingerprint density at radius 2 is 1.80 bits per heavy atom. The Morgan fingerprint density at radius 3 is 2.39 bits per heavy atom. The number of benzene rings is 2.